The number of hydrogen-bond acceptors (Lipinski definition) is 3. The molecule has 0 spiro atoms. The van der Waals surface area contributed by atoms with E-state index < -0.39 is 0 Å². The third-order valence-corrected chi connectivity index (χ3v) is 2.87. The molecule has 100 valence electrons. The van der Waals surface area contributed by atoms with E-state index in [4.69, 9.17) is 4.74 Å². The summed E-state index contributed by atoms with van der Waals surface area (Å²) in [5.74, 6) is 0.488. The van der Waals surface area contributed by atoms with E-state index >= 15 is 0 Å². The molecule has 0 radical (unpaired) electrons. The first-order valence-corrected chi connectivity index (χ1v) is 5.99. The minimum absolute atomic E-state index is 0.0368. The Balaban J connectivity index is 3.12. The summed E-state index contributed by atoms with van der Waals surface area (Å²) in [7, 11) is 5.22. The Labute approximate surface area is 109 Å². The summed E-state index contributed by atoms with van der Waals surface area (Å²) in [5, 5.41) is 1.65. The molecule has 0 heterocycles. The Kier molecular flexibility index (Phi) is 4.73. The number of carbonyl (C=O) groups is 1. The van der Waals surface area contributed by atoms with E-state index in [-0.39, 0.29) is 11.8 Å². The molecule has 0 aliphatic heterocycles. The molecule has 0 aromatic heterocycles. The van der Waals surface area contributed by atoms with Crippen molar-refractivity contribution < 1.29 is 9.53 Å². The van der Waals surface area contributed by atoms with Gasteiger partial charge in [0, 0.05) is 19.7 Å². The van der Waals surface area contributed by atoms with E-state index in [1.54, 1.807) is 26.2 Å². The predicted octanol–water partition coefficient (Wildman–Crippen LogP) is 2.01. The third-order valence-electron chi connectivity index (χ3n) is 2.87. The van der Waals surface area contributed by atoms with Crippen molar-refractivity contribution >= 4 is 5.91 Å². The smallest absolute Gasteiger partial charge is 0.241 e. The highest BCUT2D eigenvalue weighted by Gasteiger charge is 2.21. The molecular weight excluding hydrogens is 228 g/mol. The first kappa shape index (κ1) is 14.5. The average Bonchev–Trinajstić information content (AvgIpc) is 2.26. The maximum atomic E-state index is 12.1. The van der Waals surface area contributed by atoms with Crippen LogP contribution in [-0.2, 0) is 4.79 Å². The summed E-state index contributed by atoms with van der Waals surface area (Å²) in [6.07, 6.45) is 0. The van der Waals surface area contributed by atoms with Crippen molar-refractivity contribution in [2.75, 3.05) is 21.2 Å². The summed E-state index contributed by atoms with van der Waals surface area (Å²) >= 11 is 0. The van der Waals surface area contributed by atoms with E-state index in [0.717, 1.165) is 22.4 Å². The zero-order valence-corrected chi connectivity index (χ0v) is 12.0. The van der Waals surface area contributed by atoms with Crippen molar-refractivity contribution in [2.24, 2.45) is 0 Å². The van der Waals surface area contributed by atoms with Gasteiger partial charge in [0.2, 0.25) is 5.91 Å². The lowest BCUT2D eigenvalue weighted by atomic mass is 9.93. The number of rotatable bonds is 4. The Bertz CT molecular complexity index is 442. The van der Waals surface area contributed by atoms with Crippen molar-refractivity contribution in [3.05, 3.63) is 28.8 Å². The van der Waals surface area contributed by atoms with Gasteiger partial charge in [-0.1, -0.05) is 6.07 Å². The van der Waals surface area contributed by atoms with Gasteiger partial charge in [-0.3, -0.25) is 10.2 Å². The van der Waals surface area contributed by atoms with E-state index in [2.05, 4.69) is 11.5 Å². The molecule has 0 saturated heterocycles. The van der Waals surface area contributed by atoms with Crippen LogP contribution in [-0.4, -0.2) is 32.1 Å². The molecule has 4 nitrogen and oxygen atoms in total. The lowest BCUT2D eigenvalue weighted by Gasteiger charge is -2.21. The highest BCUT2D eigenvalue weighted by atomic mass is 16.5. The van der Waals surface area contributed by atoms with Crippen LogP contribution in [0, 0.1) is 13.8 Å². The van der Waals surface area contributed by atoms with Crippen molar-refractivity contribution in [1.29, 1.82) is 0 Å². The van der Waals surface area contributed by atoms with Gasteiger partial charge >= 0.3 is 0 Å². The highest BCUT2D eigenvalue weighted by molar-refractivity contribution is 5.84. The lowest BCUT2D eigenvalue weighted by Crippen LogP contribution is -2.38. The fourth-order valence-electron chi connectivity index (χ4n) is 2.11. The summed E-state index contributed by atoms with van der Waals surface area (Å²) in [5.41, 5.74) is 5.93. The number of nitrogens with one attached hydrogen (secondary N) is 1. The molecule has 4 heteroatoms. The number of methoxy groups -OCH3 is 1. The first-order chi connectivity index (χ1) is 8.36. The highest BCUT2D eigenvalue weighted by Crippen LogP contribution is 2.31. The number of nitrogens with zero attached hydrogens (tertiary/aromatic N) is 1. The van der Waals surface area contributed by atoms with E-state index in [9.17, 15) is 4.79 Å². The van der Waals surface area contributed by atoms with Gasteiger partial charge in [0.15, 0.2) is 0 Å². The quantitative estimate of drug-likeness (QED) is 0.831. The van der Waals surface area contributed by atoms with Crippen molar-refractivity contribution in [3.8, 4) is 5.75 Å². The zero-order valence-electron chi connectivity index (χ0n) is 12.0. The van der Waals surface area contributed by atoms with Gasteiger partial charge in [-0.2, -0.15) is 0 Å². The molecule has 1 rings (SSSR count). The number of amides is 1. The molecule has 18 heavy (non-hydrogen) atoms. The van der Waals surface area contributed by atoms with Gasteiger partial charge in [0.1, 0.15) is 5.75 Å². The zero-order chi connectivity index (χ0) is 13.9. The van der Waals surface area contributed by atoms with Crippen LogP contribution in [0.5, 0.6) is 5.75 Å². The molecule has 0 aliphatic rings. The minimum Gasteiger partial charge on any atom is -0.496 e. The Hall–Kier alpha value is -1.55. The molecule has 1 N–H and O–H groups in total. The summed E-state index contributed by atoms with van der Waals surface area (Å²) < 4.78 is 5.39. The van der Waals surface area contributed by atoms with Crippen LogP contribution in [0.15, 0.2) is 12.1 Å². The van der Waals surface area contributed by atoms with E-state index in [0.29, 0.717) is 0 Å². The van der Waals surface area contributed by atoms with Crippen LogP contribution in [0.2, 0.25) is 0 Å². The number of carbonyl (C=O) groups excluding carboxylic acids is 1. The normalized spacial score (nSPS) is 12.4. The Morgan fingerprint density at radius 1 is 1.33 bits per heavy atom. The number of hydrazine groups is 1. The number of benzene rings is 1. The van der Waals surface area contributed by atoms with Gasteiger partial charge in [-0.25, -0.2) is 5.01 Å². The maximum Gasteiger partial charge on any atom is 0.241 e. The maximum absolute atomic E-state index is 12.1. The average molecular weight is 250 g/mol. The van der Waals surface area contributed by atoms with Gasteiger partial charge in [-0.05, 0) is 38.0 Å². The second kappa shape index (κ2) is 5.87. The fourth-order valence-corrected chi connectivity index (χ4v) is 2.11. The van der Waals surface area contributed by atoms with Gasteiger partial charge in [-0.15, -0.1) is 0 Å². The van der Waals surface area contributed by atoms with Crippen LogP contribution in [0.1, 0.15) is 29.5 Å². The van der Waals surface area contributed by atoms with Crippen LogP contribution >= 0.6 is 0 Å². The SMILES string of the molecule is COc1cc(C)cc(C)c1C(C)C(=O)NN(C)C. The standard InChI is InChI=1S/C14H22N2O2/c1-9-7-10(2)13(12(8-9)18-6)11(3)14(17)15-16(4)5/h7-8,11H,1-6H3,(H,15,17). The molecule has 1 aromatic rings. The minimum atomic E-state index is -0.247. The first-order valence-electron chi connectivity index (χ1n) is 5.99. The topological polar surface area (TPSA) is 41.6 Å². The molecule has 0 bridgehead atoms. The summed E-state index contributed by atoms with van der Waals surface area (Å²) in [6, 6.07) is 4.03. The second-order valence-corrected chi connectivity index (χ2v) is 4.79. The van der Waals surface area contributed by atoms with Crippen LogP contribution in [0.4, 0.5) is 0 Å². The molecule has 0 saturated carbocycles. The summed E-state index contributed by atoms with van der Waals surface area (Å²) in [6.45, 7) is 5.91. The van der Waals surface area contributed by atoms with Crippen LogP contribution in [0.3, 0.4) is 0 Å². The number of ether oxygens (including phenoxy) is 1. The van der Waals surface area contributed by atoms with Crippen molar-refractivity contribution in [2.45, 2.75) is 26.7 Å². The van der Waals surface area contributed by atoms with Crippen LogP contribution in [0.25, 0.3) is 0 Å². The van der Waals surface area contributed by atoms with Gasteiger partial charge in [0.05, 0.1) is 13.0 Å². The van der Waals surface area contributed by atoms with E-state index in [1.807, 2.05) is 26.8 Å². The largest absolute Gasteiger partial charge is 0.496 e. The van der Waals surface area contributed by atoms with Crippen molar-refractivity contribution in [3.63, 3.8) is 0 Å². The third kappa shape index (κ3) is 3.23. The van der Waals surface area contributed by atoms with Gasteiger partial charge in [0.25, 0.3) is 0 Å². The molecule has 1 aromatic carbocycles. The van der Waals surface area contributed by atoms with Gasteiger partial charge < -0.3 is 4.74 Å². The lowest BCUT2D eigenvalue weighted by molar-refractivity contribution is -0.126. The monoisotopic (exact) mass is 250 g/mol. The van der Waals surface area contributed by atoms with Crippen LogP contribution < -0.4 is 10.2 Å². The summed E-state index contributed by atoms with van der Waals surface area (Å²) in [4.78, 5) is 12.1. The molecule has 1 atom stereocenters. The molecule has 1 amide bonds. The predicted molar refractivity (Wildman–Crippen MR) is 72.7 cm³/mol. The Morgan fingerprint density at radius 2 is 1.94 bits per heavy atom. The molecule has 0 fully saturated rings. The Morgan fingerprint density at radius 3 is 2.44 bits per heavy atom. The number of hydrogen-bond donors (Lipinski definition) is 1. The second-order valence-electron chi connectivity index (χ2n) is 4.79. The molecular formula is C14H22N2O2. The fraction of sp³-hybridized carbons (Fsp3) is 0.500. The number of aryl methyl sites for hydroxylation is 2. The molecule has 0 aliphatic carbocycles. The van der Waals surface area contributed by atoms with Crippen molar-refractivity contribution in [1.82, 2.24) is 10.4 Å². The van der Waals surface area contributed by atoms with E-state index in [1.165, 1.54) is 0 Å². The molecule has 1 unspecified atom stereocenters.